The molecule has 0 radical (unpaired) electrons. The Kier molecular flexibility index (Phi) is 2.93. The van der Waals surface area contributed by atoms with Gasteiger partial charge in [-0.05, 0) is 36.4 Å². The van der Waals surface area contributed by atoms with Crippen LogP contribution < -0.4 is 0 Å². The zero-order valence-corrected chi connectivity index (χ0v) is 14.9. The highest BCUT2D eigenvalue weighted by Crippen LogP contribution is 2.35. The van der Waals surface area contributed by atoms with Crippen molar-refractivity contribution in [1.29, 1.82) is 0 Å². The van der Waals surface area contributed by atoms with Crippen LogP contribution in [0, 0.1) is 5.82 Å². The minimum absolute atomic E-state index is 0.249. The molecule has 3 heterocycles. The highest BCUT2D eigenvalue weighted by atomic mass is 32.1. The predicted octanol–water partition coefficient (Wildman–Crippen LogP) is 6.06. The molecule has 0 bridgehead atoms. The second-order valence-electron chi connectivity index (χ2n) is 6.51. The van der Waals surface area contributed by atoms with Gasteiger partial charge >= 0.3 is 0 Å². The zero-order chi connectivity index (χ0) is 18.0. The molecule has 3 aromatic carbocycles. The number of fused-ring (bicyclic) bond motifs is 6. The molecule has 6 aromatic rings. The van der Waals surface area contributed by atoms with Crippen molar-refractivity contribution in [2.75, 3.05) is 0 Å². The number of hydrogen-bond donors (Lipinski definition) is 0. The van der Waals surface area contributed by atoms with Gasteiger partial charge in [0.25, 0.3) is 0 Å². The Bertz CT molecular complexity index is 1500. The maximum absolute atomic E-state index is 13.6. The van der Waals surface area contributed by atoms with Gasteiger partial charge in [0.05, 0.1) is 26.8 Å². The maximum atomic E-state index is 13.6. The van der Waals surface area contributed by atoms with E-state index in [1.54, 1.807) is 6.07 Å². The molecule has 6 rings (SSSR count). The molecule has 128 valence electrons. The number of halogens is 1. The summed E-state index contributed by atoms with van der Waals surface area (Å²) in [7, 11) is 0. The number of para-hydroxylation sites is 2. The van der Waals surface area contributed by atoms with Crippen molar-refractivity contribution >= 4 is 48.9 Å². The fourth-order valence-corrected chi connectivity index (χ4v) is 4.64. The van der Waals surface area contributed by atoms with E-state index in [0.717, 1.165) is 48.4 Å². The van der Waals surface area contributed by atoms with Gasteiger partial charge in [0, 0.05) is 10.8 Å². The van der Waals surface area contributed by atoms with Crippen LogP contribution in [-0.2, 0) is 0 Å². The van der Waals surface area contributed by atoms with E-state index in [2.05, 4.69) is 28.7 Å². The van der Waals surface area contributed by atoms with Crippen molar-refractivity contribution in [1.82, 2.24) is 14.4 Å². The standard InChI is InChI=1S/C22H12FN3S/c23-14-9-10-17-20(12-14)27-22(25-17)21-24-16-7-3-2-6-15(16)19-11-13-5-1-4-8-18(13)26(19)21/h1-12H. The number of benzene rings is 3. The average Bonchev–Trinajstić information content (AvgIpc) is 3.28. The van der Waals surface area contributed by atoms with Crippen LogP contribution >= 0.6 is 11.3 Å². The SMILES string of the molecule is Fc1ccc2nc(-c3nc4ccccc4c4cc5ccccc5n34)sc2c1. The molecule has 0 atom stereocenters. The van der Waals surface area contributed by atoms with Gasteiger partial charge in [-0.1, -0.05) is 36.4 Å². The van der Waals surface area contributed by atoms with Crippen LogP contribution in [0.25, 0.3) is 48.4 Å². The normalized spacial score (nSPS) is 11.9. The summed E-state index contributed by atoms with van der Waals surface area (Å²) in [6.07, 6.45) is 0. The average molecular weight is 369 g/mol. The van der Waals surface area contributed by atoms with Gasteiger partial charge < -0.3 is 0 Å². The first kappa shape index (κ1) is 14.8. The Labute approximate surface area is 157 Å². The van der Waals surface area contributed by atoms with E-state index in [0.29, 0.717) is 0 Å². The van der Waals surface area contributed by atoms with Crippen molar-refractivity contribution < 1.29 is 4.39 Å². The molecular weight excluding hydrogens is 357 g/mol. The highest BCUT2D eigenvalue weighted by Gasteiger charge is 2.16. The highest BCUT2D eigenvalue weighted by molar-refractivity contribution is 7.21. The number of aromatic nitrogens is 3. The number of hydrogen-bond acceptors (Lipinski definition) is 3. The summed E-state index contributed by atoms with van der Waals surface area (Å²) in [6, 6.07) is 23.3. The Balaban J connectivity index is 1.80. The fourth-order valence-electron chi connectivity index (χ4n) is 3.67. The third-order valence-corrected chi connectivity index (χ3v) is 5.88. The van der Waals surface area contributed by atoms with Gasteiger partial charge in [0.2, 0.25) is 0 Å². The molecule has 0 saturated heterocycles. The van der Waals surface area contributed by atoms with E-state index in [1.807, 2.05) is 30.3 Å². The van der Waals surface area contributed by atoms with Gasteiger partial charge in [-0.3, -0.25) is 4.40 Å². The third kappa shape index (κ3) is 2.12. The molecule has 3 aromatic heterocycles. The summed E-state index contributed by atoms with van der Waals surface area (Å²) < 4.78 is 16.6. The summed E-state index contributed by atoms with van der Waals surface area (Å²) in [5.41, 5.74) is 3.90. The van der Waals surface area contributed by atoms with E-state index in [9.17, 15) is 4.39 Å². The van der Waals surface area contributed by atoms with Crippen molar-refractivity contribution in [3.05, 3.63) is 78.6 Å². The molecule has 5 heteroatoms. The molecule has 0 aliphatic carbocycles. The van der Waals surface area contributed by atoms with E-state index >= 15 is 0 Å². The first-order valence-electron chi connectivity index (χ1n) is 8.63. The lowest BCUT2D eigenvalue weighted by atomic mass is 10.2. The minimum atomic E-state index is -0.249. The van der Waals surface area contributed by atoms with E-state index in [-0.39, 0.29) is 5.82 Å². The molecule has 0 unspecified atom stereocenters. The minimum Gasteiger partial charge on any atom is -0.291 e. The third-order valence-electron chi connectivity index (χ3n) is 4.87. The van der Waals surface area contributed by atoms with Gasteiger partial charge in [0.15, 0.2) is 10.8 Å². The predicted molar refractivity (Wildman–Crippen MR) is 109 cm³/mol. The topological polar surface area (TPSA) is 30.2 Å². The molecule has 0 aliphatic heterocycles. The van der Waals surface area contributed by atoms with E-state index < -0.39 is 0 Å². The molecule has 0 N–H and O–H groups in total. The quantitative estimate of drug-likeness (QED) is 0.353. The van der Waals surface area contributed by atoms with Crippen molar-refractivity contribution in [3.8, 4) is 10.8 Å². The molecule has 0 fully saturated rings. The maximum Gasteiger partial charge on any atom is 0.174 e. The first-order valence-corrected chi connectivity index (χ1v) is 9.45. The first-order chi connectivity index (χ1) is 13.3. The monoisotopic (exact) mass is 369 g/mol. The summed E-state index contributed by atoms with van der Waals surface area (Å²) >= 11 is 1.47. The van der Waals surface area contributed by atoms with Crippen LogP contribution in [0.15, 0.2) is 72.8 Å². The Morgan fingerprint density at radius 3 is 2.59 bits per heavy atom. The van der Waals surface area contributed by atoms with Crippen LogP contribution in [0.5, 0.6) is 0 Å². The molecule has 0 amide bonds. The van der Waals surface area contributed by atoms with Crippen LogP contribution in [-0.4, -0.2) is 14.4 Å². The smallest absolute Gasteiger partial charge is 0.174 e. The largest absolute Gasteiger partial charge is 0.291 e. The van der Waals surface area contributed by atoms with Crippen molar-refractivity contribution in [2.45, 2.75) is 0 Å². The van der Waals surface area contributed by atoms with E-state index in [1.165, 1.54) is 23.5 Å². The second-order valence-corrected chi connectivity index (χ2v) is 7.54. The van der Waals surface area contributed by atoms with E-state index in [4.69, 9.17) is 9.97 Å². The number of rotatable bonds is 1. The van der Waals surface area contributed by atoms with Crippen LogP contribution in [0.2, 0.25) is 0 Å². The zero-order valence-electron chi connectivity index (χ0n) is 14.1. The Morgan fingerprint density at radius 1 is 0.778 bits per heavy atom. The molecular formula is C22H12FN3S. The van der Waals surface area contributed by atoms with Gasteiger partial charge in [0.1, 0.15) is 5.82 Å². The second kappa shape index (κ2) is 5.34. The Hall–Kier alpha value is -3.31. The van der Waals surface area contributed by atoms with Crippen molar-refractivity contribution in [3.63, 3.8) is 0 Å². The lowest BCUT2D eigenvalue weighted by molar-refractivity contribution is 0.630. The summed E-state index contributed by atoms with van der Waals surface area (Å²) in [5, 5.41) is 3.04. The Morgan fingerprint density at radius 2 is 1.63 bits per heavy atom. The van der Waals surface area contributed by atoms with Crippen LogP contribution in [0.4, 0.5) is 4.39 Å². The lowest BCUT2D eigenvalue weighted by Gasteiger charge is -2.07. The number of nitrogens with zero attached hydrogens (tertiary/aromatic N) is 3. The molecule has 27 heavy (non-hydrogen) atoms. The van der Waals surface area contributed by atoms with Crippen LogP contribution in [0.3, 0.4) is 0 Å². The number of thiazole rings is 1. The van der Waals surface area contributed by atoms with Crippen molar-refractivity contribution in [2.24, 2.45) is 0 Å². The van der Waals surface area contributed by atoms with Crippen LogP contribution in [0.1, 0.15) is 0 Å². The lowest BCUT2D eigenvalue weighted by Crippen LogP contribution is -1.97. The summed E-state index contributed by atoms with van der Waals surface area (Å²) in [6.45, 7) is 0. The molecule has 0 aliphatic rings. The summed E-state index contributed by atoms with van der Waals surface area (Å²) in [4.78, 5) is 9.67. The molecule has 0 spiro atoms. The fraction of sp³-hybridized carbons (Fsp3) is 0. The van der Waals surface area contributed by atoms with Gasteiger partial charge in [-0.2, -0.15) is 0 Å². The molecule has 3 nitrogen and oxygen atoms in total. The molecule has 0 saturated carbocycles. The summed E-state index contributed by atoms with van der Waals surface area (Å²) in [5.74, 6) is 0.534. The van der Waals surface area contributed by atoms with Gasteiger partial charge in [-0.15, -0.1) is 11.3 Å². The van der Waals surface area contributed by atoms with Gasteiger partial charge in [-0.25, -0.2) is 14.4 Å².